The lowest BCUT2D eigenvalue weighted by molar-refractivity contribution is -0.132. The Morgan fingerprint density at radius 3 is 3.06 bits per heavy atom. The van der Waals surface area contributed by atoms with Crippen LogP contribution in [-0.2, 0) is 16.1 Å². The van der Waals surface area contributed by atoms with Crippen molar-refractivity contribution >= 4 is 17.2 Å². The molecular weight excluding hydrogens is 234 g/mol. The summed E-state index contributed by atoms with van der Waals surface area (Å²) in [4.78, 5) is 13.7. The molecule has 0 aliphatic rings. The van der Waals surface area contributed by atoms with E-state index in [1.165, 1.54) is 5.56 Å². The number of carbonyl (C=O) groups is 1. The van der Waals surface area contributed by atoms with Gasteiger partial charge in [-0.1, -0.05) is 6.08 Å². The van der Waals surface area contributed by atoms with Gasteiger partial charge in [0.2, 0.25) is 5.91 Å². The number of hydrogen-bond donors (Lipinski definition) is 0. The molecule has 0 bridgehead atoms. The highest BCUT2D eigenvalue weighted by atomic mass is 32.1. The maximum absolute atomic E-state index is 11.9. The van der Waals surface area contributed by atoms with Gasteiger partial charge in [-0.25, -0.2) is 0 Å². The van der Waals surface area contributed by atoms with Crippen LogP contribution in [-0.4, -0.2) is 30.6 Å². The van der Waals surface area contributed by atoms with E-state index < -0.39 is 0 Å². The Hall–Kier alpha value is -1.13. The summed E-state index contributed by atoms with van der Waals surface area (Å²) >= 11 is 1.64. The Bertz CT molecular complexity index is 335. The van der Waals surface area contributed by atoms with Crippen LogP contribution in [0.15, 0.2) is 29.5 Å². The SMILES string of the molecule is C=CCN(Cc1ccsc1)C(=O)CCOCC. The summed E-state index contributed by atoms with van der Waals surface area (Å²) in [5.74, 6) is 0.115. The van der Waals surface area contributed by atoms with Crippen LogP contribution in [0.2, 0.25) is 0 Å². The van der Waals surface area contributed by atoms with Gasteiger partial charge in [-0.2, -0.15) is 11.3 Å². The van der Waals surface area contributed by atoms with Crippen molar-refractivity contribution in [2.45, 2.75) is 19.9 Å². The maximum atomic E-state index is 11.9. The van der Waals surface area contributed by atoms with Gasteiger partial charge in [-0.3, -0.25) is 4.79 Å². The van der Waals surface area contributed by atoms with Gasteiger partial charge in [0.15, 0.2) is 0 Å². The maximum Gasteiger partial charge on any atom is 0.225 e. The van der Waals surface area contributed by atoms with E-state index in [9.17, 15) is 4.79 Å². The Kier molecular flexibility index (Phi) is 6.58. The van der Waals surface area contributed by atoms with E-state index in [4.69, 9.17) is 4.74 Å². The van der Waals surface area contributed by atoms with E-state index in [0.717, 1.165) is 0 Å². The average molecular weight is 253 g/mol. The van der Waals surface area contributed by atoms with Gasteiger partial charge in [-0.15, -0.1) is 6.58 Å². The largest absolute Gasteiger partial charge is 0.381 e. The molecule has 0 atom stereocenters. The first-order valence-electron chi connectivity index (χ1n) is 5.75. The molecule has 0 saturated heterocycles. The third-order valence-electron chi connectivity index (χ3n) is 2.32. The second-order valence-corrected chi connectivity index (χ2v) is 4.42. The van der Waals surface area contributed by atoms with Crippen LogP contribution >= 0.6 is 11.3 Å². The highest BCUT2D eigenvalue weighted by Crippen LogP contribution is 2.10. The molecule has 17 heavy (non-hydrogen) atoms. The predicted molar refractivity (Wildman–Crippen MR) is 71.0 cm³/mol. The van der Waals surface area contributed by atoms with Crippen LogP contribution in [0.4, 0.5) is 0 Å². The second kappa shape index (κ2) is 8.03. The zero-order valence-electron chi connectivity index (χ0n) is 10.2. The molecule has 1 rings (SSSR count). The zero-order chi connectivity index (χ0) is 12.5. The van der Waals surface area contributed by atoms with E-state index in [1.54, 1.807) is 22.3 Å². The Balaban J connectivity index is 2.46. The van der Waals surface area contributed by atoms with Gasteiger partial charge < -0.3 is 9.64 Å². The highest BCUT2D eigenvalue weighted by molar-refractivity contribution is 7.07. The van der Waals surface area contributed by atoms with Crippen molar-refractivity contribution < 1.29 is 9.53 Å². The first kappa shape index (κ1) is 13.9. The minimum absolute atomic E-state index is 0.115. The van der Waals surface area contributed by atoms with E-state index in [1.807, 2.05) is 18.4 Å². The topological polar surface area (TPSA) is 29.5 Å². The number of carbonyl (C=O) groups excluding carboxylic acids is 1. The van der Waals surface area contributed by atoms with Gasteiger partial charge >= 0.3 is 0 Å². The lowest BCUT2D eigenvalue weighted by atomic mass is 10.3. The van der Waals surface area contributed by atoms with E-state index in [2.05, 4.69) is 12.0 Å². The quantitative estimate of drug-likeness (QED) is 0.526. The van der Waals surface area contributed by atoms with Crippen molar-refractivity contribution in [3.63, 3.8) is 0 Å². The zero-order valence-corrected chi connectivity index (χ0v) is 11.0. The van der Waals surface area contributed by atoms with Gasteiger partial charge in [0.1, 0.15) is 0 Å². The molecule has 0 aromatic carbocycles. The van der Waals surface area contributed by atoms with Crippen molar-refractivity contribution in [1.29, 1.82) is 0 Å². The monoisotopic (exact) mass is 253 g/mol. The summed E-state index contributed by atoms with van der Waals surface area (Å²) in [7, 11) is 0. The third kappa shape index (κ3) is 5.15. The van der Waals surface area contributed by atoms with E-state index >= 15 is 0 Å². The first-order chi connectivity index (χ1) is 8.27. The molecule has 94 valence electrons. The van der Waals surface area contributed by atoms with E-state index in [-0.39, 0.29) is 5.91 Å². The number of thiophene rings is 1. The van der Waals surface area contributed by atoms with Crippen molar-refractivity contribution in [3.8, 4) is 0 Å². The van der Waals surface area contributed by atoms with Crippen LogP contribution in [0, 0.1) is 0 Å². The smallest absolute Gasteiger partial charge is 0.225 e. The predicted octanol–water partition coefficient (Wildman–Crippen LogP) is 2.69. The minimum atomic E-state index is 0.115. The molecular formula is C13H19NO2S. The van der Waals surface area contributed by atoms with Crippen LogP contribution in [0.1, 0.15) is 18.9 Å². The summed E-state index contributed by atoms with van der Waals surface area (Å²) in [6, 6.07) is 2.04. The molecule has 1 aromatic heterocycles. The third-order valence-corrected chi connectivity index (χ3v) is 3.05. The molecule has 0 radical (unpaired) electrons. The molecule has 0 spiro atoms. The number of ether oxygens (including phenoxy) is 1. The lowest BCUT2D eigenvalue weighted by Crippen LogP contribution is -2.31. The van der Waals surface area contributed by atoms with Crippen molar-refractivity contribution in [2.75, 3.05) is 19.8 Å². The fourth-order valence-electron chi connectivity index (χ4n) is 1.48. The highest BCUT2D eigenvalue weighted by Gasteiger charge is 2.12. The summed E-state index contributed by atoms with van der Waals surface area (Å²) in [6.07, 6.45) is 2.19. The molecule has 0 aliphatic heterocycles. The minimum Gasteiger partial charge on any atom is -0.381 e. The van der Waals surface area contributed by atoms with Crippen LogP contribution in [0.3, 0.4) is 0 Å². The van der Waals surface area contributed by atoms with Gasteiger partial charge in [0.25, 0.3) is 0 Å². The van der Waals surface area contributed by atoms with Crippen molar-refractivity contribution in [3.05, 3.63) is 35.0 Å². The molecule has 0 saturated carbocycles. The van der Waals surface area contributed by atoms with Gasteiger partial charge in [-0.05, 0) is 29.3 Å². The number of rotatable bonds is 8. The molecule has 0 fully saturated rings. The Morgan fingerprint density at radius 1 is 1.65 bits per heavy atom. The standard InChI is InChI=1S/C13H19NO2S/c1-3-7-14(10-12-6-9-17-11-12)13(15)5-8-16-4-2/h3,6,9,11H,1,4-5,7-8,10H2,2H3. The van der Waals surface area contributed by atoms with Gasteiger partial charge in [0.05, 0.1) is 13.0 Å². The summed E-state index contributed by atoms with van der Waals surface area (Å²) in [5, 5.41) is 4.08. The fourth-order valence-corrected chi connectivity index (χ4v) is 2.14. The molecule has 4 heteroatoms. The molecule has 0 aliphatic carbocycles. The Labute approximate surface area is 107 Å². The van der Waals surface area contributed by atoms with Crippen LogP contribution < -0.4 is 0 Å². The average Bonchev–Trinajstić information content (AvgIpc) is 2.81. The van der Waals surface area contributed by atoms with Crippen LogP contribution in [0.5, 0.6) is 0 Å². The molecule has 1 aromatic rings. The number of nitrogens with zero attached hydrogens (tertiary/aromatic N) is 1. The van der Waals surface area contributed by atoms with Crippen LogP contribution in [0.25, 0.3) is 0 Å². The second-order valence-electron chi connectivity index (χ2n) is 3.64. The molecule has 0 N–H and O–H groups in total. The molecule has 1 heterocycles. The van der Waals surface area contributed by atoms with E-state index in [0.29, 0.717) is 32.7 Å². The summed E-state index contributed by atoms with van der Waals surface area (Å²) in [5.41, 5.74) is 1.17. The molecule has 0 unspecified atom stereocenters. The first-order valence-corrected chi connectivity index (χ1v) is 6.69. The molecule has 1 amide bonds. The summed E-state index contributed by atoms with van der Waals surface area (Å²) in [6.45, 7) is 8.00. The van der Waals surface area contributed by atoms with Gasteiger partial charge in [0, 0.05) is 19.7 Å². The fraction of sp³-hybridized carbons (Fsp3) is 0.462. The normalized spacial score (nSPS) is 10.2. The lowest BCUT2D eigenvalue weighted by Gasteiger charge is -2.20. The summed E-state index contributed by atoms with van der Waals surface area (Å²) < 4.78 is 5.20. The van der Waals surface area contributed by atoms with Crippen molar-refractivity contribution in [2.24, 2.45) is 0 Å². The number of hydrogen-bond acceptors (Lipinski definition) is 3. The Morgan fingerprint density at radius 2 is 2.47 bits per heavy atom. The molecule has 3 nitrogen and oxygen atoms in total. The van der Waals surface area contributed by atoms with Crippen molar-refractivity contribution in [1.82, 2.24) is 4.90 Å². The number of amides is 1.